The molecule has 1 aliphatic carbocycles. The summed E-state index contributed by atoms with van der Waals surface area (Å²) in [5, 5.41) is 3.19. The van der Waals surface area contributed by atoms with Gasteiger partial charge in [0.25, 0.3) is 0 Å². The van der Waals surface area contributed by atoms with Crippen molar-refractivity contribution in [1.29, 1.82) is 0 Å². The smallest absolute Gasteiger partial charge is 0.317 e. The zero-order chi connectivity index (χ0) is 14.7. The number of nitrogens with zero attached hydrogens (tertiary/aromatic N) is 2. The third kappa shape index (κ3) is 3.36. The number of pyridine rings is 1. The molecule has 2 heterocycles. The average Bonchev–Trinajstić information content (AvgIpc) is 2.47. The van der Waals surface area contributed by atoms with E-state index in [-0.39, 0.29) is 6.03 Å². The number of urea groups is 1. The lowest BCUT2D eigenvalue weighted by Gasteiger charge is -2.40. The number of hydrogen-bond donors (Lipinski definition) is 1. The van der Waals surface area contributed by atoms with Crippen LogP contribution in [0.1, 0.15) is 50.6 Å². The second-order valence-corrected chi connectivity index (χ2v) is 6.49. The van der Waals surface area contributed by atoms with Crippen LogP contribution in [-0.4, -0.2) is 35.0 Å². The van der Waals surface area contributed by atoms with Gasteiger partial charge in [-0.3, -0.25) is 4.98 Å². The van der Waals surface area contributed by atoms with E-state index in [2.05, 4.69) is 17.2 Å². The highest BCUT2D eigenvalue weighted by molar-refractivity contribution is 5.75. The van der Waals surface area contributed by atoms with Crippen molar-refractivity contribution in [2.45, 2.75) is 51.0 Å². The number of nitrogens with one attached hydrogen (secondary N) is 1. The van der Waals surface area contributed by atoms with Gasteiger partial charge in [-0.15, -0.1) is 0 Å². The van der Waals surface area contributed by atoms with Gasteiger partial charge in [0, 0.05) is 36.9 Å². The SMILES string of the molecule is C[C@H](NC(=O)N1CC(c2ccccn2)C1)C1CCCCC1. The predicted octanol–water partition coefficient (Wildman–Crippen LogP) is 3.16. The Balaban J connectivity index is 1.45. The fourth-order valence-corrected chi connectivity index (χ4v) is 3.49. The Bertz CT molecular complexity index is 464. The molecule has 2 aliphatic rings. The van der Waals surface area contributed by atoms with E-state index in [1.54, 1.807) is 0 Å². The van der Waals surface area contributed by atoms with Crippen LogP contribution in [0.5, 0.6) is 0 Å². The number of carbonyl (C=O) groups excluding carboxylic acids is 1. The van der Waals surface area contributed by atoms with E-state index in [0.717, 1.165) is 18.8 Å². The monoisotopic (exact) mass is 287 g/mol. The highest BCUT2D eigenvalue weighted by Gasteiger charge is 2.33. The van der Waals surface area contributed by atoms with Gasteiger partial charge in [-0.25, -0.2) is 4.79 Å². The van der Waals surface area contributed by atoms with Crippen LogP contribution in [0.15, 0.2) is 24.4 Å². The Morgan fingerprint density at radius 3 is 2.71 bits per heavy atom. The van der Waals surface area contributed by atoms with Crippen LogP contribution >= 0.6 is 0 Å². The first-order valence-electron chi connectivity index (χ1n) is 8.20. The van der Waals surface area contributed by atoms with Crippen molar-refractivity contribution in [3.05, 3.63) is 30.1 Å². The number of carbonyl (C=O) groups is 1. The number of rotatable bonds is 3. The van der Waals surface area contributed by atoms with E-state index < -0.39 is 0 Å². The minimum absolute atomic E-state index is 0.0975. The molecule has 21 heavy (non-hydrogen) atoms. The standard InChI is InChI=1S/C17H25N3O/c1-13(14-7-3-2-4-8-14)19-17(21)20-11-15(12-20)16-9-5-6-10-18-16/h5-6,9-10,13-15H,2-4,7-8,11-12H2,1H3,(H,19,21)/t13-/m0/s1. The molecule has 1 aromatic heterocycles. The Hall–Kier alpha value is -1.58. The van der Waals surface area contributed by atoms with E-state index in [1.807, 2.05) is 29.3 Å². The molecule has 1 N–H and O–H groups in total. The molecule has 1 saturated heterocycles. The van der Waals surface area contributed by atoms with Crippen LogP contribution in [0.2, 0.25) is 0 Å². The minimum Gasteiger partial charge on any atom is -0.335 e. The Morgan fingerprint density at radius 2 is 2.05 bits per heavy atom. The van der Waals surface area contributed by atoms with Crippen LogP contribution in [-0.2, 0) is 0 Å². The molecule has 3 rings (SSSR count). The van der Waals surface area contributed by atoms with Crippen LogP contribution in [0.4, 0.5) is 4.79 Å². The van der Waals surface area contributed by atoms with E-state index in [1.165, 1.54) is 32.1 Å². The first kappa shape index (κ1) is 14.4. The second-order valence-electron chi connectivity index (χ2n) is 6.49. The maximum Gasteiger partial charge on any atom is 0.317 e. The summed E-state index contributed by atoms with van der Waals surface area (Å²) in [5.41, 5.74) is 1.10. The van der Waals surface area contributed by atoms with Gasteiger partial charge in [0.05, 0.1) is 0 Å². The van der Waals surface area contributed by atoms with E-state index in [0.29, 0.717) is 17.9 Å². The normalized spacial score (nSPS) is 21.7. The summed E-state index contributed by atoms with van der Waals surface area (Å²) < 4.78 is 0. The number of likely N-dealkylation sites (tertiary alicyclic amines) is 1. The van der Waals surface area contributed by atoms with Gasteiger partial charge in [-0.2, -0.15) is 0 Å². The molecule has 0 radical (unpaired) electrons. The molecule has 0 spiro atoms. The van der Waals surface area contributed by atoms with Crippen LogP contribution in [0.25, 0.3) is 0 Å². The summed E-state index contributed by atoms with van der Waals surface area (Å²) in [6.07, 6.45) is 8.33. The Labute approximate surface area is 126 Å². The van der Waals surface area contributed by atoms with Gasteiger partial charge in [0.1, 0.15) is 0 Å². The molecule has 4 heteroatoms. The van der Waals surface area contributed by atoms with Gasteiger partial charge < -0.3 is 10.2 Å². The molecular formula is C17H25N3O. The second kappa shape index (κ2) is 6.46. The average molecular weight is 287 g/mol. The third-order valence-corrected chi connectivity index (χ3v) is 4.98. The molecule has 0 bridgehead atoms. The maximum atomic E-state index is 12.2. The van der Waals surface area contributed by atoms with Crippen molar-refractivity contribution in [3.8, 4) is 0 Å². The molecule has 0 unspecified atom stereocenters. The summed E-state index contributed by atoms with van der Waals surface area (Å²) in [6, 6.07) is 6.38. The van der Waals surface area contributed by atoms with E-state index in [4.69, 9.17) is 0 Å². The van der Waals surface area contributed by atoms with Crippen molar-refractivity contribution < 1.29 is 4.79 Å². The number of amides is 2. The molecular weight excluding hydrogens is 262 g/mol. The third-order valence-electron chi connectivity index (χ3n) is 4.98. The summed E-state index contributed by atoms with van der Waals surface area (Å²) >= 11 is 0. The largest absolute Gasteiger partial charge is 0.335 e. The van der Waals surface area contributed by atoms with Crippen LogP contribution in [0.3, 0.4) is 0 Å². The highest BCUT2D eigenvalue weighted by Crippen LogP contribution is 2.28. The van der Waals surface area contributed by atoms with Crippen molar-refractivity contribution >= 4 is 6.03 Å². The summed E-state index contributed by atoms with van der Waals surface area (Å²) in [7, 11) is 0. The van der Waals surface area contributed by atoms with Gasteiger partial charge in [0.15, 0.2) is 0 Å². The number of hydrogen-bond acceptors (Lipinski definition) is 2. The van der Waals surface area contributed by atoms with Crippen LogP contribution in [0, 0.1) is 5.92 Å². The molecule has 2 amide bonds. The van der Waals surface area contributed by atoms with Crippen molar-refractivity contribution in [2.24, 2.45) is 5.92 Å². The summed E-state index contributed by atoms with van der Waals surface area (Å²) in [5.74, 6) is 1.07. The van der Waals surface area contributed by atoms with Gasteiger partial charge in [0.2, 0.25) is 0 Å². The number of aromatic nitrogens is 1. The van der Waals surface area contributed by atoms with Gasteiger partial charge >= 0.3 is 6.03 Å². The predicted molar refractivity (Wildman–Crippen MR) is 83.1 cm³/mol. The van der Waals surface area contributed by atoms with E-state index in [9.17, 15) is 4.79 Å². The molecule has 1 aliphatic heterocycles. The molecule has 1 saturated carbocycles. The molecule has 2 fully saturated rings. The topological polar surface area (TPSA) is 45.2 Å². The molecule has 0 aromatic carbocycles. The van der Waals surface area contributed by atoms with Crippen molar-refractivity contribution in [2.75, 3.05) is 13.1 Å². The van der Waals surface area contributed by atoms with Crippen LogP contribution < -0.4 is 5.32 Å². The van der Waals surface area contributed by atoms with Gasteiger partial charge in [-0.05, 0) is 37.8 Å². The van der Waals surface area contributed by atoms with Crippen molar-refractivity contribution in [3.63, 3.8) is 0 Å². The first-order chi connectivity index (χ1) is 10.2. The summed E-state index contributed by atoms with van der Waals surface area (Å²) in [4.78, 5) is 18.5. The lowest BCUT2D eigenvalue weighted by atomic mass is 9.84. The highest BCUT2D eigenvalue weighted by atomic mass is 16.2. The lowest BCUT2D eigenvalue weighted by Crippen LogP contribution is -2.55. The Morgan fingerprint density at radius 1 is 1.29 bits per heavy atom. The maximum absolute atomic E-state index is 12.2. The quantitative estimate of drug-likeness (QED) is 0.928. The zero-order valence-electron chi connectivity index (χ0n) is 12.8. The van der Waals surface area contributed by atoms with E-state index >= 15 is 0 Å². The molecule has 1 atom stereocenters. The van der Waals surface area contributed by atoms with Crippen molar-refractivity contribution in [1.82, 2.24) is 15.2 Å². The fourth-order valence-electron chi connectivity index (χ4n) is 3.49. The molecule has 4 nitrogen and oxygen atoms in total. The first-order valence-corrected chi connectivity index (χ1v) is 8.20. The Kier molecular flexibility index (Phi) is 4.42. The molecule has 114 valence electrons. The summed E-state index contributed by atoms with van der Waals surface area (Å²) in [6.45, 7) is 3.74. The van der Waals surface area contributed by atoms with Gasteiger partial charge in [-0.1, -0.05) is 25.3 Å². The lowest BCUT2D eigenvalue weighted by molar-refractivity contribution is 0.142. The minimum atomic E-state index is 0.0975. The molecule has 1 aromatic rings. The zero-order valence-corrected chi connectivity index (χ0v) is 12.8. The fraction of sp³-hybridized carbons (Fsp3) is 0.647.